The number of nitrogens with zero attached hydrogens (tertiary/aromatic N) is 2. The Labute approximate surface area is 108 Å². The van der Waals surface area contributed by atoms with E-state index in [1.54, 1.807) is 7.11 Å². The molecule has 1 aromatic rings. The van der Waals surface area contributed by atoms with E-state index in [0.29, 0.717) is 31.3 Å². The second-order valence-corrected chi connectivity index (χ2v) is 5.21. The Balaban J connectivity index is 2.73. The van der Waals surface area contributed by atoms with Crippen LogP contribution in [0, 0.1) is 0 Å². The van der Waals surface area contributed by atoms with Crippen molar-refractivity contribution >= 4 is 0 Å². The summed E-state index contributed by atoms with van der Waals surface area (Å²) >= 11 is 0. The van der Waals surface area contributed by atoms with Crippen molar-refractivity contribution in [3.63, 3.8) is 0 Å². The van der Waals surface area contributed by atoms with Crippen molar-refractivity contribution in [3.8, 4) is 0 Å². The summed E-state index contributed by atoms with van der Waals surface area (Å²) in [5.41, 5.74) is 5.01. The van der Waals surface area contributed by atoms with Crippen LogP contribution in [0.5, 0.6) is 0 Å². The van der Waals surface area contributed by atoms with Gasteiger partial charge in [0, 0.05) is 13.7 Å². The molecule has 0 fully saturated rings. The molecule has 18 heavy (non-hydrogen) atoms. The van der Waals surface area contributed by atoms with Gasteiger partial charge in [-0.05, 0) is 27.7 Å². The second-order valence-electron chi connectivity index (χ2n) is 5.21. The highest BCUT2D eigenvalue weighted by atomic mass is 16.5. The lowest BCUT2D eigenvalue weighted by molar-refractivity contribution is 0.0170. The highest BCUT2D eigenvalue weighted by Crippen LogP contribution is 2.18. The zero-order valence-corrected chi connectivity index (χ0v) is 11.8. The van der Waals surface area contributed by atoms with E-state index >= 15 is 0 Å². The lowest BCUT2D eigenvalue weighted by Gasteiger charge is -2.20. The van der Waals surface area contributed by atoms with Crippen molar-refractivity contribution in [1.29, 1.82) is 0 Å². The van der Waals surface area contributed by atoms with Crippen molar-refractivity contribution < 1.29 is 14.0 Å². The Kier molecular flexibility index (Phi) is 4.84. The topological polar surface area (TPSA) is 83.4 Å². The van der Waals surface area contributed by atoms with Gasteiger partial charge in [-0.15, -0.1) is 0 Å². The average Bonchev–Trinajstić information content (AvgIpc) is 2.75. The molecule has 1 atom stereocenters. The molecule has 0 aliphatic carbocycles. The van der Waals surface area contributed by atoms with Crippen LogP contribution < -0.4 is 5.73 Å². The highest BCUT2D eigenvalue weighted by molar-refractivity contribution is 5.02. The SMILES string of the molecule is CCOCC(C)(N)c1noc(CC(C)(C)OC)n1. The first kappa shape index (κ1) is 15.1. The van der Waals surface area contributed by atoms with Gasteiger partial charge in [0.15, 0.2) is 5.82 Å². The van der Waals surface area contributed by atoms with E-state index in [4.69, 9.17) is 19.7 Å². The van der Waals surface area contributed by atoms with Crippen LogP contribution in [0.25, 0.3) is 0 Å². The predicted molar refractivity (Wildman–Crippen MR) is 67.1 cm³/mol. The molecule has 0 amide bonds. The molecule has 6 nitrogen and oxygen atoms in total. The molecule has 0 aromatic carbocycles. The maximum absolute atomic E-state index is 6.09. The van der Waals surface area contributed by atoms with Crippen molar-refractivity contribution in [2.45, 2.75) is 45.3 Å². The quantitative estimate of drug-likeness (QED) is 0.791. The van der Waals surface area contributed by atoms with E-state index in [0.717, 1.165) is 0 Å². The molecule has 6 heteroatoms. The Morgan fingerprint density at radius 2 is 2.00 bits per heavy atom. The number of ether oxygens (including phenoxy) is 2. The van der Waals surface area contributed by atoms with Gasteiger partial charge in [-0.2, -0.15) is 4.98 Å². The van der Waals surface area contributed by atoms with Crippen LogP contribution in [-0.4, -0.2) is 36.1 Å². The third-order valence-electron chi connectivity index (χ3n) is 2.71. The van der Waals surface area contributed by atoms with E-state index in [-0.39, 0.29) is 5.60 Å². The molecular formula is C12H23N3O3. The summed E-state index contributed by atoms with van der Waals surface area (Å²) in [5, 5.41) is 3.91. The largest absolute Gasteiger partial charge is 0.379 e. The molecule has 1 heterocycles. The zero-order valence-electron chi connectivity index (χ0n) is 11.8. The van der Waals surface area contributed by atoms with Crippen LogP contribution in [0.1, 0.15) is 39.4 Å². The maximum Gasteiger partial charge on any atom is 0.229 e. The van der Waals surface area contributed by atoms with E-state index in [9.17, 15) is 0 Å². The molecule has 104 valence electrons. The van der Waals surface area contributed by atoms with Gasteiger partial charge < -0.3 is 19.7 Å². The summed E-state index contributed by atoms with van der Waals surface area (Å²) in [6, 6.07) is 0. The monoisotopic (exact) mass is 257 g/mol. The third-order valence-corrected chi connectivity index (χ3v) is 2.71. The molecule has 2 N–H and O–H groups in total. The first-order chi connectivity index (χ1) is 8.30. The van der Waals surface area contributed by atoms with Gasteiger partial charge >= 0.3 is 0 Å². The minimum absolute atomic E-state index is 0.339. The van der Waals surface area contributed by atoms with Crippen LogP contribution in [-0.2, 0) is 21.4 Å². The lowest BCUT2D eigenvalue weighted by Crippen LogP contribution is -2.39. The number of nitrogens with two attached hydrogens (primary N) is 1. The molecule has 0 saturated heterocycles. The summed E-state index contributed by atoms with van der Waals surface area (Å²) in [5.74, 6) is 0.975. The number of hydrogen-bond acceptors (Lipinski definition) is 6. The van der Waals surface area contributed by atoms with Gasteiger partial charge in [0.2, 0.25) is 5.89 Å². The lowest BCUT2D eigenvalue weighted by atomic mass is 10.0. The second kappa shape index (κ2) is 5.77. The average molecular weight is 257 g/mol. The standard InChI is InChI=1S/C12H23N3O3/c1-6-17-8-12(4,13)10-14-9(18-15-10)7-11(2,3)16-5/h6-8,13H2,1-5H3. The first-order valence-corrected chi connectivity index (χ1v) is 6.05. The predicted octanol–water partition coefficient (Wildman–Crippen LogP) is 1.25. The number of rotatable bonds is 7. The summed E-state index contributed by atoms with van der Waals surface area (Å²) in [7, 11) is 1.65. The van der Waals surface area contributed by atoms with Gasteiger partial charge in [0.1, 0.15) is 5.54 Å². The molecule has 0 bridgehead atoms. The number of aromatic nitrogens is 2. The Morgan fingerprint density at radius 3 is 2.56 bits per heavy atom. The van der Waals surface area contributed by atoms with Crippen molar-refractivity contribution in [3.05, 3.63) is 11.7 Å². The molecule has 0 radical (unpaired) electrons. The molecule has 1 rings (SSSR count). The van der Waals surface area contributed by atoms with E-state index in [1.165, 1.54) is 0 Å². The van der Waals surface area contributed by atoms with Gasteiger partial charge in [-0.3, -0.25) is 0 Å². The van der Waals surface area contributed by atoms with Gasteiger partial charge in [0.25, 0.3) is 0 Å². The fourth-order valence-electron chi connectivity index (χ4n) is 1.37. The molecule has 1 unspecified atom stereocenters. The highest BCUT2D eigenvalue weighted by Gasteiger charge is 2.29. The van der Waals surface area contributed by atoms with E-state index < -0.39 is 5.54 Å². The normalized spacial score (nSPS) is 15.7. The summed E-state index contributed by atoms with van der Waals surface area (Å²) in [6.45, 7) is 8.61. The number of hydrogen-bond donors (Lipinski definition) is 1. The van der Waals surface area contributed by atoms with E-state index in [1.807, 2.05) is 27.7 Å². The fourth-order valence-corrected chi connectivity index (χ4v) is 1.37. The van der Waals surface area contributed by atoms with Crippen LogP contribution in [0.4, 0.5) is 0 Å². The van der Waals surface area contributed by atoms with Crippen molar-refractivity contribution in [1.82, 2.24) is 10.1 Å². The van der Waals surface area contributed by atoms with Gasteiger partial charge in [-0.25, -0.2) is 0 Å². The van der Waals surface area contributed by atoms with Crippen LogP contribution in [0.3, 0.4) is 0 Å². The molecule has 0 spiro atoms. The summed E-state index contributed by atoms with van der Waals surface area (Å²) in [6.07, 6.45) is 0.543. The van der Waals surface area contributed by atoms with Crippen LogP contribution in [0.15, 0.2) is 4.52 Å². The maximum atomic E-state index is 6.09. The smallest absolute Gasteiger partial charge is 0.229 e. The molecule has 0 aliphatic heterocycles. The Morgan fingerprint density at radius 1 is 1.33 bits per heavy atom. The third kappa shape index (κ3) is 4.04. The van der Waals surface area contributed by atoms with Gasteiger partial charge in [0.05, 0.1) is 18.6 Å². The summed E-state index contributed by atoms with van der Waals surface area (Å²) < 4.78 is 15.8. The van der Waals surface area contributed by atoms with Crippen molar-refractivity contribution in [2.24, 2.45) is 5.73 Å². The van der Waals surface area contributed by atoms with E-state index in [2.05, 4.69) is 10.1 Å². The fraction of sp³-hybridized carbons (Fsp3) is 0.833. The van der Waals surface area contributed by atoms with Crippen LogP contribution in [0.2, 0.25) is 0 Å². The Hall–Kier alpha value is -0.980. The minimum atomic E-state index is -0.741. The van der Waals surface area contributed by atoms with Crippen molar-refractivity contribution in [2.75, 3.05) is 20.3 Å². The minimum Gasteiger partial charge on any atom is -0.379 e. The summed E-state index contributed by atoms with van der Waals surface area (Å²) in [4.78, 5) is 4.31. The van der Waals surface area contributed by atoms with Crippen LogP contribution >= 0.6 is 0 Å². The molecule has 1 aromatic heterocycles. The molecule has 0 aliphatic rings. The Bertz CT molecular complexity index is 374. The molecule has 0 saturated carbocycles. The number of methoxy groups -OCH3 is 1. The molecular weight excluding hydrogens is 234 g/mol. The van der Waals surface area contributed by atoms with Gasteiger partial charge in [-0.1, -0.05) is 5.16 Å². The first-order valence-electron chi connectivity index (χ1n) is 6.05. The zero-order chi connectivity index (χ0) is 13.8.